The van der Waals surface area contributed by atoms with Gasteiger partial charge in [-0.3, -0.25) is 0 Å². The molecule has 3 N–H and O–H groups in total. The van der Waals surface area contributed by atoms with Crippen molar-refractivity contribution in [2.24, 2.45) is 0 Å². The number of aliphatic hydroxyl groups excluding tert-OH is 1. The van der Waals surface area contributed by atoms with E-state index in [-0.39, 0.29) is 6.10 Å². The zero-order valence-electron chi connectivity index (χ0n) is 10.8. The summed E-state index contributed by atoms with van der Waals surface area (Å²) in [5, 5.41) is 15.7. The Kier molecular flexibility index (Phi) is 5.69. The lowest BCUT2D eigenvalue weighted by molar-refractivity contribution is 0.208. The summed E-state index contributed by atoms with van der Waals surface area (Å²) in [5.41, 5.74) is 1.07. The van der Waals surface area contributed by atoms with E-state index in [1.807, 2.05) is 0 Å². The van der Waals surface area contributed by atoms with Crippen LogP contribution < -0.4 is 10.6 Å². The van der Waals surface area contributed by atoms with E-state index < -0.39 is 0 Å². The molecule has 0 bridgehead atoms. The van der Waals surface area contributed by atoms with Gasteiger partial charge in [-0.05, 0) is 19.8 Å². The highest BCUT2D eigenvalue weighted by Gasteiger charge is 2.09. The van der Waals surface area contributed by atoms with Crippen molar-refractivity contribution in [3.8, 4) is 0 Å². The summed E-state index contributed by atoms with van der Waals surface area (Å²) in [6.07, 6.45) is 3.07. The van der Waals surface area contributed by atoms with Crippen LogP contribution in [-0.4, -0.2) is 34.3 Å². The summed E-state index contributed by atoms with van der Waals surface area (Å²) < 4.78 is 0. The maximum atomic E-state index is 9.27. The van der Waals surface area contributed by atoms with Gasteiger partial charge in [0.1, 0.15) is 18.0 Å². The van der Waals surface area contributed by atoms with E-state index in [1.165, 1.54) is 0 Å². The summed E-state index contributed by atoms with van der Waals surface area (Å²) in [6.45, 7) is 7.34. The highest BCUT2D eigenvalue weighted by Crippen LogP contribution is 2.20. The minimum absolute atomic E-state index is 0.387. The quantitative estimate of drug-likeness (QED) is 0.674. The number of anilines is 2. The zero-order chi connectivity index (χ0) is 12.7. The molecule has 1 aromatic rings. The van der Waals surface area contributed by atoms with Gasteiger partial charge in [-0.25, -0.2) is 9.97 Å². The molecule has 0 fully saturated rings. The first kappa shape index (κ1) is 13.7. The fourth-order valence-corrected chi connectivity index (χ4v) is 1.54. The van der Waals surface area contributed by atoms with E-state index in [0.717, 1.165) is 36.6 Å². The number of nitrogens with zero attached hydrogens (tertiary/aromatic N) is 2. The molecule has 0 aliphatic rings. The Labute approximate surface area is 103 Å². The van der Waals surface area contributed by atoms with E-state index >= 15 is 0 Å². The molecule has 5 heteroatoms. The maximum Gasteiger partial charge on any atom is 0.134 e. The Hall–Kier alpha value is -1.36. The normalized spacial score (nSPS) is 12.2. The highest BCUT2D eigenvalue weighted by molar-refractivity contribution is 5.57. The van der Waals surface area contributed by atoms with E-state index in [9.17, 15) is 5.11 Å². The lowest BCUT2D eigenvalue weighted by Crippen LogP contribution is -2.18. The van der Waals surface area contributed by atoms with Gasteiger partial charge in [0.2, 0.25) is 0 Å². The third-order valence-corrected chi connectivity index (χ3v) is 2.41. The Balaban J connectivity index is 2.81. The number of hydrogen-bond donors (Lipinski definition) is 3. The molecule has 1 heterocycles. The van der Waals surface area contributed by atoms with Crippen molar-refractivity contribution < 1.29 is 5.11 Å². The molecule has 1 aromatic heterocycles. The van der Waals surface area contributed by atoms with Crippen molar-refractivity contribution in [1.82, 2.24) is 9.97 Å². The van der Waals surface area contributed by atoms with Crippen LogP contribution in [0.25, 0.3) is 0 Å². The Morgan fingerprint density at radius 2 is 1.88 bits per heavy atom. The minimum atomic E-state index is -0.387. The molecule has 0 aliphatic carbocycles. The Bertz CT molecular complexity index is 341. The molecular weight excluding hydrogens is 216 g/mol. The fourth-order valence-electron chi connectivity index (χ4n) is 1.54. The third-order valence-electron chi connectivity index (χ3n) is 2.41. The summed E-state index contributed by atoms with van der Waals surface area (Å²) >= 11 is 0. The molecule has 0 aromatic carbocycles. The van der Waals surface area contributed by atoms with Crippen molar-refractivity contribution in [3.63, 3.8) is 0 Å². The van der Waals surface area contributed by atoms with Gasteiger partial charge >= 0.3 is 0 Å². The Morgan fingerprint density at radius 1 is 1.24 bits per heavy atom. The topological polar surface area (TPSA) is 70.1 Å². The molecule has 0 saturated carbocycles. The summed E-state index contributed by atoms with van der Waals surface area (Å²) in [4.78, 5) is 8.47. The van der Waals surface area contributed by atoms with Gasteiger partial charge < -0.3 is 15.7 Å². The van der Waals surface area contributed by atoms with Gasteiger partial charge in [0, 0.05) is 18.7 Å². The minimum Gasteiger partial charge on any atom is -0.392 e. The van der Waals surface area contributed by atoms with Crippen molar-refractivity contribution in [2.45, 2.75) is 39.7 Å². The van der Waals surface area contributed by atoms with Crippen molar-refractivity contribution >= 4 is 11.6 Å². The summed E-state index contributed by atoms with van der Waals surface area (Å²) in [6, 6.07) is 0. The SMILES string of the molecule is CCCNc1ncnc(NCC(C)O)c1CC. The van der Waals surface area contributed by atoms with E-state index in [1.54, 1.807) is 13.3 Å². The van der Waals surface area contributed by atoms with Gasteiger partial charge in [0.15, 0.2) is 0 Å². The Morgan fingerprint density at radius 3 is 2.41 bits per heavy atom. The molecular formula is C12H22N4O. The molecule has 0 saturated heterocycles. The molecule has 17 heavy (non-hydrogen) atoms. The lowest BCUT2D eigenvalue weighted by atomic mass is 10.2. The standard InChI is InChI=1S/C12H22N4O/c1-4-6-13-11-10(5-2)12(16-8-15-11)14-7-9(3)17/h8-9,17H,4-7H2,1-3H3,(H2,13,14,15,16). The summed E-state index contributed by atoms with van der Waals surface area (Å²) in [5.74, 6) is 1.69. The van der Waals surface area contributed by atoms with E-state index in [2.05, 4.69) is 34.4 Å². The van der Waals surface area contributed by atoms with Crippen LogP contribution in [0.3, 0.4) is 0 Å². The van der Waals surface area contributed by atoms with Gasteiger partial charge in [-0.1, -0.05) is 13.8 Å². The smallest absolute Gasteiger partial charge is 0.134 e. The number of aromatic nitrogens is 2. The average Bonchev–Trinajstić information content (AvgIpc) is 2.33. The second-order valence-electron chi connectivity index (χ2n) is 4.06. The van der Waals surface area contributed by atoms with E-state index in [0.29, 0.717) is 6.54 Å². The number of hydrogen-bond acceptors (Lipinski definition) is 5. The molecule has 1 rings (SSSR count). The monoisotopic (exact) mass is 238 g/mol. The average molecular weight is 238 g/mol. The number of aliphatic hydroxyl groups is 1. The van der Waals surface area contributed by atoms with Crippen LogP contribution in [0.4, 0.5) is 11.6 Å². The predicted molar refractivity (Wildman–Crippen MR) is 70.4 cm³/mol. The first-order chi connectivity index (χ1) is 8.19. The molecule has 0 aliphatic heterocycles. The third kappa shape index (κ3) is 4.19. The summed E-state index contributed by atoms with van der Waals surface area (Å²) in [7, 11) is 0. The predicted octanol–water partition coefficient (Wildman–Crippen LogP) is 1.65. The largest absolute Gasteiger partial charge is 0.392 e. The number of nitrogens with one attached hydrogen (secondary N) is 2. The fraction of sp³-hybridized carbons (Fsp3) is 0.667. The van der Waals surface area contributed by atoms with Crippen LogP contribution in [-0.2, 0) is 6.42 Å². The molecule has 1 atom stereocenters. The van der Waals surface area contributed by atoms with Crippen molar-refractivity contribution in [2.75, 3.05) is 23.7 Å². The van der Waals surface area contributed by atoms with Crippen LogP contribution in [0, 0.1) is 0 Å². The lowest BCUT2D eigenvalue weighted by Gasteiger charge is -2.14. The van der Waals surface area contributed by atoms with Crippen LogP contribution in [0.2, 0.25) is 0 Å². The van der Waals surface area contributed by atoms with Gasteiger partial charge in [-0.2, -0.15) is 0 Å². The molecule has 0 amide bonds. The van der Waals surface area contributed by atoms with Gasteiger partial charge in [0.05, 0.1) is 6.10 Å². The highest BCUT2D eigenvalue weighted by atomic mass is 16.3. The van der Waals surface area contributed by atoms with Crippen LogP contribution in [0.15, 0.2) is 6.33 Å². The molecule has 5 nitrogen and oxygen atoms in total. The first-order valence-electron chi connectivity index (χ1n) is 6.18. The molecule has 0 radical (unpaired) electrons. The first-order valence-corrected chi connectivity index (χ1v) is 6.18. The maximum absolute atomic E-state index is 9.27. The van der Waals surface area contributed by atoms with Gasteiger partial charge in [-0.15, -0.1) is 0 Å². The van der Waals surface area contributed by atoms with E-state index in [4.69, 9.17) is 0 Å². The second kappa shape index (κ2) is 7.06. The second-order valence-corrected chi connectivity index (χ2v) is 4.06. The zero-order valence-corrected chi connectivity index (χ0v) is 10.8. The molecule has 96 valence electrons. The number of rotatable bonds is 7. The van der Waals surface area contributed by atoms with Crippen molar-refractivity contribution in [1.29, 1.82) is 0 Å². The van der Waals surface area contributed by atoms with Crippen molar-refractivity contribution in [3.05, 3.63) is 11.9 Å². The van der Waals surface area contributed by atoms with Crippen LogP contribution >= 0.6 is 0 Å². The van der Waals surface area contributed by atoms with Gasteiger partial charge in [0.25, 0.3) is 0 Å². The van der Waals surface area contributed by atoms with Crippen LogP contribution in [0.5, 0.6) is 0 Å². The van der Waals surface area contributed by atoms with Crippen LogP contribution in [0.1, 0.15) is 32.8 Å². The molecule has 1 unspecified atom stereocenters. The molecule has 0 spiro atoms.